The normalized spacial score (nSPS) is 16.6. The van der Waals surface area contributed by atoms with E-state index in [4.69, 9.17) is 14.6 Å². The van der Waals surface area contributed by atoms with E-state index in [1.54, 1.807) is 4.90 Å². The molecule has 6 heteroatoms. The lowest BCUT2D eigenvalue weighted by Crippen LogP contribution is -2.40. The Morgan fingerprint density at radius 2 is 1.84 bits per heavy atom. The first-order valence-corrected chi connectivity index (χ1v) is 6.78. The van der Waals surface area contributed by atoms with E-state index in [9.17, 15) is 9.59 Å². The van der Waals surface area contributed by atoms with Crippen molar-refractivity contribution in [1.82, 2.24) is 4.90 Å². The zero-order valence-corrected chi connectivity index (χ0v) is 11.5. The molecule has 1 N–H and O–H groups in total. The largest absolute Gasteiger partial charge is 0.481 e. The third kappa shape index (κ3) is 6.54. The molecule has 1 heterocycles. The summed E-state index contributed by atoms with van der Waals surface area (Å²) >= 11 is 0. The maximum Gasteiger partial charge on any atom is 0.303 e. The van der Waals surface area contributed by atoms with E-state index >= 15 is 0 Å². The van der Waals surface area contributed by atoms with Gasteiger partial charge in [-0.15, -0.1) is 0 Å². The average molecular weight is 273 g/mol. The molecule has 1 fully saturated rings. The molecule has 19 heavy (non-hydrogen) atoms. The number of hydrogen-bond acceptors (Lipinski definition) is 4. The van der Waals surface area contributed by atoms with E-state index in [-0.39, 0.29) is 24.9 Å². The van der Waals surface area contributed by atoms with Gasteiger partial charge in [0.1, 0.15) is 6.61 Å². The van der Waals surface area contributed by atoms with Gasteiger partial charge in [-0.25, -0.2) is 0 Å². The standard InChI is InChI=1S/C13H23NO5/c1-2-18-7-8-19-10-12(15)14-5-3-11(4-6-14)9-13(16)17/h11H,2-10H2,1H3,(H,16,17). The molecule has 1 rings (SSSR count). The second kappa shape index (κ2) is 8.87. The first kappa shape index (κ1) is 15.9. The van der Waals surface area contributed by atoms with Gasteiger partial charge >= 0.3 is 5.97 Å². The molecule has 6 nitrogen and oxygen atoms in total. The zero-order valence-electron chi connectivity index (χ0n) is 11.5. The van der Waals surface area contributed by atoms with Gasteiger partial charge in [0.2, 0.25) is 5.91 Å². The van der Waals surface area contributed by atoms with Crippen molar-refractivity contribution in [2.45, 2.75) is 26.2 Å². The van der Waals surface area contributed by atoms with Gasteiger partial charge < -0.3 is 19.5 Å². The summed E-state index contributed by atoms with van der Waals surface area (Å²) in [5, 5.41) is 8.72. The Labute approximate surface area is 113 Å². The van der Waals surface area contributed by atoms with Gasteiger partial charge in [0.25, 0.3) is 0 Å². The lowest BCUT2D eigenvalue weighted by Gasteiger charge is -2.31. The molecule has 0 saturated carbocycles. The van der Waals surface area contributed by atoms with Gasteiger partial charge in [-0.1, -0.05) is 0 Å². The molecule has 0 spiro atoms. The number of carbonyl (C=O) groups excluding carboxylic acids is 1. The second-order valence-corrected chi connectivity index (χ2v) is 4.67. The summed E-state index contributed by atoms with van der Waals surface area (Å²) in [4.78, 5) is 24.2. The van der Waals surface area contributed by atoms with Crippen LogP contribution >= 0.6 is 0 Å². The van der Waals surface area contributed by atoms with Crippen LogP contribution in [0, 0.1) is 5.92 Å². The van der Waals surface area contributed by atoms with Gasteiger partial charge in [-0.2, -0.15) is 0 Å². The first-order valence-electron chi connectivity index (χ1n) is 6.78. The number of ether oxygens (including phenoxy) is 2. The number of aliphatic carboxylic acids is 1. The van der Waals surface area contributed by atoms with Crippen LogP contribution in [-0.2, 0) is 19.1 Å². The summed E-state index contributed by atoms with van der Waals surface area (Å²) < 4.78 is 10.3. The molecule has 1 saturated heterocycles. The van der Waals surface area contributed by atoms with Crippen molar-refractivity contribution in [2.75, 3.05) is 39.5 Å². The summed E-state index contributed by atoms with van der Waals surface area (Å²) in [6, 6.07) is 0. The molecule has 0 aromatic carbocycles. The van der Waals surface area contributed by atoms with E-state index in [1.807, 2.05) is 6.92 Å². The van der Waals surface area contributed by atoms with Crippen molar-refractivity contribution in [3.05, 3.63) is 0 Å². The Balaban J connectivity index is 2.12. The maximum absolute atomic E-state index is 11.8. The molecular formula is C13H23NO5. The monoisotopic (exact) mass is 273 g/mol. The van der Waals surface area contributed by atoms with Crippen LogP contribution in [0.5, 0.6) is 0 Å². The Hall–Kier alpha value is -1.14. The van der Waals surface area contributed by atoms with Crippen LogP contribution in [0.25, 0.3) is 0 Å². The van der Waals surface area contributed by atoms with Crippen LogP contribution in [0.3, 0.4) is 0 Å². The predicted octanol–water partition coefficient (Wildman–Crippen LogP) is 0.753. The van der Waals surface area contributed by atoms with Crippen molar-refractivity contribution in [2.24, 2.45) is 5.92 Å². The number of hydrogen-bond donors (Lipinski definition) is 1. The highest BCUT2D eigenvalue weighted by atomic mass is 16.5. The van der Waals surface area contributed by atoms with E-state index < -0.39 is 5.97 Å². The number of carboxylic acid groups (broad SMARTS) is 1. The minimum absolute atomic E-state index is 0.0229. The number of nitrogens with zero attached hydrogens (tertiary/aromatic N) is 1. The molecule has 0 radical (unpaired) electrons. The fourth-order valence-electron chi connectivity index (χ4n) is 2.15. The fraction of sp³-hybridized carbons (Fsp3) is 0.846. The lowest BCUT2D eigenvalue weighted by atomic mass is 9.94. The summed E-state index contributed by atoms with van der Waals surface area (Å²) in [7, 11) is 0. The molecule has 0 unspecified atom stereocenters. The third-order valence-electron chi connectivity index (χ3n) is 3.23. The topological polar surface area (TPSA) is 76.1 Å². The summed E-state index contributed by atoms with van der Waals surface area (Å²) in [6.07, 6.45) is 1.72. The van der Waals surface area contributed by atoms with E-state index in [0.29, 0.717) is 32.9 Å². The SMILES string of the molecule is CCOCCOCC(=O)N1CCC(CC(=O)O)CC1. The summed E-state index contributed by atoms with van der Waals surface area (Å²) in [6.45, 7) is 4.83. The highest BCUT2D eigenvalue weighted by Gasteiger charge is 2.24. The number of rotatable bonds is 8. The van der Waals surface area contributed by atoms with Crippen molar-refractivity contribution < 1.29 is 24.2 Å². The molecule has 0 atom stereocenters. The lowest BCUT2D eigenvalue weighted by molar-refractivity contribution is -0.139. The number of amides is 1. The fourth-order valence-corrected chi connectivity index (χ4v) is 2.15. The quantitative estimate of drug-likeness (QED) is 0.660. The Bertz CT molecular complexity index is 287. The molecule has 1 aliphatic heterocycles. The highest BCUT2D eigenvalue weighted by molar-refractivity contribution is 5.77. The van der Waals surface area contributed by atoms with Crippen LogP contribution < -0.4 is 0 Å². The van der Waals surface area contributed by atoms with Crippen LogP contribution in [0.2, 0.25) is 0 Å². The average Bonchev–Trinajstić information content (AvgIpc) is 2.38. The highest BCUT2D eigenvalue weighted by Crippen LogP contribution is 2.20. The smallest absolute Gasteiger partial charge is 0.303 e. The molecule has 0 aromatic rings. The van der Waals surface area contributed by atoms with Crippen LogP contribution in [-0.4, -0.2) is 61.4 Å². The minimum Gasteiger partial charge on any atom is -0.481 e. The van der Waals surface area contributed by atoms with Gasteiger partial charge in [-0.3, -0.25) is 9.59 Å². The minimum atomic E-state index is -0.760. The predicted molar refractivity (Wildman–Crippen MR) is 68.9 cm³/mol. The molecule has 110 valence electrons. The number of carbonyl (C=O) groups is 2. The van der Waals surface area contributed by atoms with Crippen molar-refractivity contribution >= 4 is 11.9 Å². The van der Waals surface area contributed by atoms with Gasteiger partial charge in [-0.05, 0) is 25.7 Å². The number of carboxylic acids is 1. The molecule has 1 amide bonds. The van der Waals surface area contributed by atoms with Crippen LogP contribution in [0.1, 0.15) is 26.2 Å². The van der Waals surface area contributed by atoms with Gasteiger partial charge in [0, 0.05) is 26.1 Å². The zero-order chi connectivity index (χ0) is 14.1. The number of likely N-dealkylation sites (tertiary alicyclic amines) is 1. The third-order valence-corrected chi connectivity index (χ3v) is 3.23. The molecule has 1 aliphatic rings. The van der Waals surface area contributed by atoms with Gasteiger partial charge in [0.15, 0.2) is 0 Å². The molecule has 0 bridgehead atoms. The second-order valence-electron chi connectivity index (χ2n) is 4.67. The van der Waals surface area contributed by atoms with E-state index in [2.05, 4.69) is 0 Å². The van der Waals surface area contributed by atoms with Crippen molar-refractivity contribution in [1.29, 1.82) is 0 Å². The molecular weight excluding hydrogens is 250 g/mol. The Morgan fingerprint density at radius 1 is 1.21 bits per heavy atom. The Morgan fingerprint density at radius 3 is 2.42 bits per heavy atom. The summed E-state index contributed by atoms with van der Waals surface area (Å²) in [5.74, 6) is -0.588. The van der Waals surface area contributed by atoms with E-state index in [1.165, 1.54) is 0 Å². The number of piperidine rings is 1. The maximum atomic E-state index is 11.8. The van der Waals surface area contributed by atoms with Crippen molar-refractivity contribution in [3.63, 3.8) is 0 Å². The van der Waals surface area contributed by atoms with Crippen LogP contribution in [0.4, 0.5) is 0 Å². The van der Waals surface area contributed by atoms with Crippen molar-refractivity contribution in [3.8, 4) is 0 Å². The van der Waals surface area contributed by atoms with Crippen LogP contribution in [0.15, 0.2) is 0 Å². The van der Waals surface area contributed by atoms with Gasteiger partial charge in [0.05, 0.1) is 13.2 Å². The first-order chi connectivity index (χ1) is 9.13. The summed E-state index contributed by atoms with van der Waals surface area (Å²) in [5.41, 5.74) is 0. The molecule has 0 aromatic heterocycles. The van der Waals surface area contributed by atoms with E-state index in [0.717, 1.165) is 12.8 Å². The Kier molecular flexibility index (Phi) is 7.43. The molecule has 0 aliphatic carbocycles.